The van der Waals surface area contributed by atoms with E-state index in [9.17, 15) is 4.79 Å². The van der Waals surface area contributed by atoms with E-state index in [2.05, 4.69) is 39.8 Å². The van der Waals surface area contributed by atoms with E-state index in [1.807, 2.05) is 0 Å². The Morgan fingerprint density at radius 3 is 3.00 bits per heavy atom. The average Bonchev–Trinajstić information content (AvgIpc) is 2.75. The number of nitrogens with one attached hydrogen (secondary N) is 2. The third-order valence-electron chi connectivity index (χ3n) is 4.51. The molecule has 0 saturated carbocycles. The number of carbonyl (C=O) groups is 1. The fourth-order valence-electron chi connectivity index (χ4n) is 3.36. The highest BCUT2D eigenvalue weighted by atomic mass is 16.2. The van der Waals surface area contributed by atoms with E-state index >= 15 is 0 Å². The molecule has 4 nitrogen and oxygen atoms in total. The summed E-state index contributed by atoms with van der Waals surface area (Å²) in [6, 6.07) is 8.89. The van der Waals surface area contributed by atoms with Crippen molar-refractivity contribution in [1.82, 2.24) is 15.5 Å². The van der Waals surface area contributed by atoms with E-state index in [0.29, 0.717) is 12.6 Å². The molecule has 2 N–H and O–H groups in total. The number of amides is 1. The van der Waals surface area contributed by atoms with E-state index in [1.165, 1.54) is 11.1 Å². The molecule has 0 bridgehead atoms. The Morgan fingerprint density at radius 1 is 1.24 bits per heavy atom. The lowest BCUT2D eigenvalue weighted by molar-refractivity contribution is -0.123. The highest BCUT2D eigenvalue weighted by Gasteiger charge is 2.21. The first kappa shape index (κ1) is 14.5. The van der Waals surface area contributed by atoms with Crippen LogP contribution in [0.1, 0.15) is 24.0 Å². The Labute approximate surface area is 126 Å². The van der Waals surface area contributed by atoms with Gasteiger partial charge >= 0.3 is 0 Å². The van der Waals surface area contributed by atoms with Crippen molar-refractivity contribution in [2.75, 3.05) is 32.7 Å². The molecule has 21 heavy (non-hydrogen) atoms. The molecule has 0 aromatic heterocycles. The van der Waals surface area contributed by atoms with E-state index < -0.39 is 0 Å². The summed E-state index contributed by atoms with van der Waals surface area (Å²) < 4.78 is 0. The number of hydrogen-bond acceptors (Lipinski definition) is 3. The molecule has 1 unspecified atom stereocenters. The van der Waals surface area contributed by atoms with Gasteiger partial charge in [0.1, 0.15) is 0 Å². The van der Waals surface area contributed by atoms with Gasteiger partial charge in [-0.2, -0.15) is 0 Å². The van der Waals surface area contributed by atoms with Crippen LogP contribution in [0.25, 0.3) is 0 Å². The van der Waals surface area contributed by atoms with Crippen molar-refractivity contribution in [2.45, 2.75) is 31.7 Å². The van der Waals surface area contributed by atoms with Crippen LogP contribution in [-0.4, -0.2) is 49.6 Å². The molecule has 1 atom stereocenters. The van der Waals surface area contributed by atoms with Crippen LogP contribution in [0.5, 0.6) is 0 Å². The fraction of sp³-hybridized carbons (Fsp3) is 0.588. The van der Waals surface area contributed by atoms with Gasteiger partial charge in [0.2, 0.25) is 5.91 Å². The second kappa shape index (κ2) is 7.05. The monoisotopic (exact) mass is 287 g/mol. The number of rotatable bonds is 3. The van der Waals surface area contributed by atoms with Crippen LogP contribution in [0.2, 0.25) is 0 Å². The van der Waals surface area contributed by atoms with Gasteiger partial charge in [0.05, 0.1) is 6.54 Å². The molecule has 2 aliphatic rings. The maximum Gasteiger partial charge on any atom is 0.234 e. The van der Waals surface area contributed by atoms with Crippen LogP contribution in [0.15, 0.2) is 24.3 Å². The van der Waals surface area contributed by atoms with Crippen LogP contribution in [0.4, 0.5) is 0 Å². The van der Waals surface area contributed by atoms with Crippen LogP contribution < -0.4 is 10.6 Å². The maximum absolute atomic E-state index is 12.2. The molecule has 114 valence electrons. The predicted molar refractivity (Wildman–Crippen MR) is 84.3 cm³/mol. The average molecular weight is 287 g/mol. The smallest absolute Gasteiger partial charge is 0.234 e. The van der Waals surface area contributed by atoms with Crippen molar-refractivity contribution in [2.24, 2.45) is 0 Å². The first-order chi connectivity index (χ1) is 10.3. The summed E-state index contributed by atoms with van der Waals surface area (Å²) >= 11 is 0. The zero-order valence-electron chi connectivity index (χ0n) is 12.6. The highest BCUT2D eigenvalue weighted by Crippen LogP contribution is 2.20. The molecule has 1 aromatic carbocycles. The molecule has 4 heteroatoms. The van der Waals surface area contributed by atoms with Crippen LogP contribution >= 0.6 is 0 Å². The standard InChI is InChI=1S/C17H25N3O/c21-17(13-20-10-3-8-18-9-11-20)19-16-7-6-14-4-1-2-5-15(14)12-16/h1-2,4-5,16,18H,3,6-13H2,(H,19,21). The highest BCUT2D eigenvalue weighted by molar-refractivity contribution is 5.78. The first-order valence-electron chi connectivity index (χ1n) is 8.10. The van der Waals surface area contributed by atoms with Crippen molar-refractivity contribution in [3.63, 3.8) is 0 Å². The predicted octanol–water partition coefficient (Wildman–Crippen LogP) is 0.955. The van der Waals surface area contributed by atoms with E-state index in [1.54, 1.807) is 0 Å². The Morgan fingerprint density at radius 2 is 2.10 bits per heavy atom. The quantitative estimate of drug-likeness (QED) is 0.870. The zero-order chi connectivity index (χ0) is 14.5. The van der Waals surface area contributed by atoms with Crippen molar-refractivity contribution >= 4 is 5.91 Å². The van der Waals surface area contributed by atoms with Gasteiger partial charge in [0.15, 0.2) is 0 Å². The second-order valence-corrected chi connectivity index (χ2v) is 6.16. The van der Waals surface area contributed by atoms with Gasteiger partial charge in [-0.3, -0.25) is 9.69 Å². The number of hydrogen-bond donors (Lipinski definition) is 2. The maximum atomic E-state index is 12.2. The molecule has 1 fully saturated rings. The molecule has 1 aromatic rings. The van der Waals surface area contributed by atoms with Gasteiger partial charge in [-0.25, -0.2) is 0 Å². The lowest BCUT2D eigenvalue weighted by Gasteiger charge is -2.27. The van der Waals surface area contributed by atoms with Crippen molar-refractivity contribution in [3.05, 3.63) is 35.4 Å². The summed E-state index contributed by atoms with van der Waals surface area (Å²) in [5, 5.41) is 6.60. The number of nitrogens with zero attached hydrogens (tertiary/aromatic N) is 1. The Balaban J connectivity index is 1.49. The minimum atomic E-state index is 0.182. The molecular weight excluding hydrogens is 262 g/mol. The number of aryl methyl sites for hydroxylation is 1. The van der Waals surface area contributed by atoms with Gasteiger partial charge in [-0.05, 0) is 49.9 Å². The molecule has 1 aliphatic carbocycles. The Kier molecular flexibility index (Phi) is 4.88. The molecule has 3 rings (SSSR count). The normalized spacial score (nSPS) is 23.1. The van der Waals surface area contributed by atoms with Gasteiger partial charge in [-0.1, -0.05) is 24.3 Å². The fourth-order valence-corrected chi connectivity index (χ4v) is 3.36. The summed E-state index contributed by atoms with van der Waals surface area (Å²) in [5.74, 6) is 0.182. The van der Waals surface area contributed by atoms with E-state index in [4.69, 9.17) is 0 Å². The van der Waals surface area contributed by atoms with E-state index in [-0.39, 0.29) is 5.91 Å². The molecule has 1 amide bonds. The van der Waals surface area contributed by atoms with Crippen molar-refractivity contribution < 1.29 is 4.79 Å². The largest absolute Gasteiger partial charge is 0.352 e. The summed E-state index contributed by atoms with van der Waals surface area (Å²) in [7, 11) is 0. The van der Waals surface area contributed by atoms with Crippen molar-refractivity contribution in [1.29, 1.82) is 0 Å². The molecule has 1 aliphatic heterocycles. The van der Waals surface area contributed by atoms with Crippen LogP contribution in [0.3, 0.4) is 0 Å². The van der Waals surface area contributed by atoms with Gasteiger partial charge < -0.3 is 10.6 Å². The van der Waals surface area contributed by atoms with Crippen LogP contribution in [0, 0.1) is 0 Å². The SMILES string of the molecule is O=C(CN1CCCNCC1)NC1CCc2ccccc2C1. The zero-order valence-corrected chi connectivity index (χ0v) is 12.6. The molecule has 0 radical (unpaired) electrons. The number of fused-ring (bicyclic) bond motifs is 1. The third-order valence-corrected chi connectivity index (χ3v) is 4.51. The first-order valence-corrected chi connectivity index (χ1v) is 8.10. The Hall–Kier alpha value is -1.39. The second-order valence-electron chi connectivity index (χ2n) is 6.16. The molecular formula is C17H25N3O. The van der Waals surface area contributed by atoms with Gasteiger partial charge in [0.25, 0.3) is 0 Å². The third kappa shape index (κ3) is 4.05. The lowest BCUT2D eigenvalue weighted by Crippen LogP contribution is -2.45. The summed E-state index contributed by atoms with van der Waals surface area (Å²) in [5.41, 5.74) is 2.84. The van der Waals surface area contributed by atoms with Gasteiger partial charge in [-0.15, -0.1) is 0 Å². The number of benzene rings is 1. The van der Waals surface area contributed by atoms with Crippen LogP contribution in [-0.2, 0) is 17.6 Å². The summed E-state index contributed by atoms with van der Waals surface area (Å²) in [6.45, 7) is 4.59. The number of carbonyl (C=O) groups excluding carboxylic acids is 1. The van der Waals surface area contributed by atoms with Crippen molar-refractivity contribution in [3.8, 4) is 0 Å². The molecule has 1 saturated heterocycles. The molecule has 1 heterocycles. The minimum absolute atomic E-state index is 0.182. The van der Waals surface area contributed by atoms with E-state index in [0.717, 1.165) is 51.9 Å². The molecule has 0 spiro atoms. The topological polar surface area (TPSA) is 44.4 Å². The summed E-state index contributed by atoms with van der Waals surface area (Å²) in [6.07, 6.45) is 4.24. The summed E-state index contributed by atoms with van der Waals surface area (Å²) in [4.78, 5) is 14.5. The lowest BCUT2D eigenvalue weighted by atomic mass is 9.88. The van der Waals surface area contributed by atoms with Gasteiger partial charge in [0, 0.05) is 19.1 Å². The minimum Gasteiger partial charge on any atom is -0.352 e. The Bertz CT molecular complexity index is 481.